The number of alkyl halides is 1. The molecular formula is C26H22F3N3O5. The molecule has 2 aromatic rings. The smallest absolute Gasteiger partial charge is 0.226 e. The summed E-state index contributed by atoms with van der Waals surface area (Å²) in [5.41, 5.74) is -1.87. The number of aromatic nitrogens is 1. The molecule has 8 nitrogen and oxygen atoms in total. The van der Waals surface area contributed by atoms with Gasteiger partial charge in [0, 0.05) is 39.3 Å². The van der Waals surface area contributed by atoms with Gasteiger partial charge in [-0.2, -0.15) is 0 Å². The number of ketones is 3. The van der Waals surface area contributed by atoms with Crippen LogP contribution in [-0.2, 0) is 20.9 Å². The van der Waals surface area contributed by atoms with Crippen molar-refractivity contribution in [2.75, 3.05) is 37.8 Å². The third-order valence-electron chi connectivity index (χ3n) is 6.26. The van der Waals surface area contributed by atoms with Crippen LogP contribution < -0.4 is 10.3 Å². The Bertz CT molecular complexity index is 1480. The minimum absolute atomic E-state index is 0.155. The van der Waals surface area contributed by atoms with E-state index in [2.05, 4.69) is 0 Å². The lowest BCUT2D eigenvalue weighted by Gasteiger charge is -2.36. The zero-order chi connectivity index (χ0) is 26.9. The van der Waals surface area contributed by atoms with E-state index < -0.39 is 64.3 Å². The van der Waals surface area contributed by atoms with Gasteiger partial charge in [-0.25, -0.2) is 13.2 Å². The Kier molecular flexibility index (Phi) is 7.23. The number of carbonyl (C=O) groups is 4. The second kappa shape index (κ2) is 10.4. The number of nitrogens with zero attached hydrogens (tertiary/aromatic N) is 3. The Morgan fingerprint density at radius 3 is 2.35 bits per heavy atom. The molecule has 192 valence electrons. The maximum Gasteiger partial charge on any atom is 0.226 e. The number of aryl methyl sites for hydroxylation is 1. The fraction of sp³-hybridized carbons (Fsp3) is 0.269. The van der Waals surface area contributed by atoms with Crippen LogP contribution in [-0.4, -0.2) is 65.6 Å². The molecule has 0 atom stereocenters. The number of benzene rings is 1. The number of hydrogen-bond donors (Lipinski definition) is 0. The van der Waals surface area contributed by atoms with E-state index >= 15 is 8.78 Å². The third kappa shape index (κ3) is 5.02. The Balaban J connectivity index is 1.75. The number of halogens is 3. The quantitative estimate of drug-likeness (QED) is 0.255. The monoisotopic (exact) mass is 513 g/mol. The molecule has 2 aliphatic rings. The summed E-state index contributed by atoms with van der Waals surface area (Å²) < 4.78 is 45.3. The fourth-order valence-corrected chi connectivity index (χ4v) is 4.34. The predicted octanol–water partition coefficient (Wildman–Crippen LogP) is 2.29. The largest absolute Gasteiger partial charge is 0.363 e. The first-order valence-corrected chi connectivity index (χ1v) is 11.4. The third-order valence-corrected chi connectivity index (χ3v) is 6.26. The molecule has 1 saturated heterocycles. The van der Waals surface area contributed by atoms with Crippen LogP contribution in [0.3, 0.4) is 0 Å². The van der Waals surface area contributed by atoms with Crippen molar-refractivity contribution in [1.82, 2.24) is 9.47 Å². The zero-order valence-corrected chi connectivity index (χ0v) is 19.8. The summed E-state index contributed by atoms with van der Waals surface area (Å²) in [5.74, 6) is -4.55. The first kappa shape index (κ1) is 25.8. The normalized spacial score (nSPS) is 16.2. The molecule has 1 amide bonds. The van der Waals surface area contributed by atoms with E-state index in [1.54, 1.807) is 4.90 Å². The lowest BCUT2D eigenvalue weighted by Crippen LogP contribution is -2.48. The van der Waals surface area contributed by atoms with Crippen molar-refractivity contribution in [3.63, 3.8) is 0 Å². The van der Waals surface area contributed by atoms with Gasteiger partial charge in [0.2, 0.25) is 22.9 Å². The summed E-state index contributed by atoms with van der Waals surface area (Å²) in [6.07, 6.45) is 6.61. The average molecular weight is 513 g/mol. The lowest BCUT2D eigenvalue weighted by molar-refractivity contribution is -0.131. The van der Waals surface area contributed by atoms with Crippen molar-refractivity contribution < 1.29 is 32.3 Å². The van der Waals surface area contributed by atoms with Crippen molar-refractivity contribution in [1.29, 1.82) is 0 Å². The van der Waals surface area contributed by atoms with Gasteiger partial charge in [0.25, 0.3) is 0 Å². The fourth-order valence-electron chi connectivity index (χ4n) is 4.34. The molecule has 1 aliphatic carbocycles. The van der Waals surface area contributed by atoms with Crippen molar-refractivity contribution in [2.45, 2.75) is 13.5 Å². The number of carbonyl (C=O) groups excluding carboxylic acids is 4. The van der Waals surface area contributed by atoms with Crippen molar-refractivity contribution in [3.8, 4) is 0 Å². The van der Waals surface area contributed by atoms with E-state index in [9.17, 15) is 28.4 Å². The minimum atomic E-state index is -1.06. The van der Waals surface area contributed by atoms with Crippen molar-refractivity contribution in [2.24, 2.45) is 0 Å². The zero-order valence-electron chi connectivity index (χ0n) is 19.8. The summed E-state index contributed by atoms with van der Waals surface area (Å²) in [6, 6.07) is 0.833. The molecule has 1 aliphatic heterocycles. The van der Waals surface area contributed by atoms with Gasteiger partial charge >= 0.3 is 0 Å². The van der Waals surface area contributed by atoms with E-state index in [1.807, 2.05) is 0 Å². The van der Waals surface area contributed by atoms with Crippen LogP contribution in [0, 0.1) is 11.6 Å². The van der Waals surface area contributed by atoms with Crippen LogP contribution in [0.5, 0.6) is 0 Å². The van der Waals surface area contributed by atoms with Crippen LogP contribution >= 0.6 is 0 Å². The van der Waals surface area contributed by atoms with Gasteiger partial charge in [-0.05, 0) is 29.9 Å². The SMILES string of the molecule is CC(=O)N1CCN(c2c(F)cc3c(=O)c(C(=O)C=CC4=CC(=O)C(=O)C=C4)cn(CCF)c3c2F)CC1. The standard InChI is InChI=1S/C26H22F3N3O5/c1-15(33)30-8-10-31(11-9-30)25-19(28)13-17-24(23(25)29)32(7-6-27)14-18(26(17)37)20(34)4-2-16-3-5-21(35)22(36)12-16/h2-5,12-14H,6-11H2,1H3. The van der Waals surface area contributed by atoms with Crippen LogP contribution in [0.1, 0.15) is 17.3 Å². The molecule has 0 bridgehead atoms. The molecule has 0 radical (unpaired) electrons. The number of rotatable bonds is 6. The van der Waals surface area contributed by atoms with Gasteiger partial charge in [-0.15, -0.1) is 0 Å². The number of piperazine rings is 1. The van der Waals surface area contributed by atoms with Gasteiger partial charge in [0.1, 0.15) is 18.2 Å². The van der Waals surface area contributed by atoms with Crippen LogP contribution in [0.2, 0.25) is 0 Å². The minimum Gasteiger partial charge on any atom is -0.363 e. The number of allylic oxidation sites excluding steroid dienone is 6. The molecule has 11 heteroatoms. The molecule has 1 aromatic heterocycles. The second-order valence-electron chi connectivity index (χ2n) is 8.57. The summed E-state index contributed by atoms with van der Waals surface area (Å²) in [7, 11) is 0. The highest BCUT2D eigenvalue weighted by Crippen LogP contribution is 2.31. The number of pyridine rings is 1. The molecule has 2 heterocycles. The molecule has 4 rings (SSSR count). The Labute approximate surface area is 208 Å². The highest BCUT2D eigenvalue weighted by Gasteiger charge is 2.27. The van der Waals surface area contributed by atoms with Gasteiger partial charge in [0.05, 0.1) is 23.0 Å². The number of anilines is 1. The summed E-state index contributed by atoms with van der Waals surface area (Å²) >= 11 is 0. The maximum atomic E-state index is 15.7. The molecule has 0 unspecified atom stereocenters. The average Bonchev–Trinajstić information content (AvgIpc) is 2.86. The first-order chi connectivity index (χ1) is 17.6. The highest BCUT2D eigenvalue weighted by molar-refractivity contribution is 6.46. The molecule has 0 N–H and O–H groups in total. The van der Waals surface area contributed by atoms with E-state index in [4.69, 9.17) is 0 Å². The second-order valence-corrected chi connectivity index (χ2v) is 8.57. The Morgan fingerprint density at radius 2 is 1.73 bits per heavy atom. The van der Waals surface area contributed by atoms with Gasteiger partial charge in [-0.1, -0.05) is 12.2 Å². The molecule has 0 saturated carbocycles. The van der Waals surface area contributed by atoms with Crippen molar-refractivity contribution >= 4 is 39.8 Å². The van der Waals surface area contributed by atoms with Crippen molar-refractivity contribution in [3.05, 3.63) is 75.6 Å². The molecule has 0 spiro atoms. The Morgan fingerprint density at radius 1 is 1.03 bits per heavy atom. The van der Waals surface area contributed by atoms with Crippen LogP contribution in [0.15, 0.2) is 53.0 Å². The van der Waals surface area contributed by atoms with Crippen LogP contribution in [0.4, 0.5) is 18.9 Å². The van der Waals surface area contributed by atoms with E-state index in [0.717, 1.165) is 35.1 Å². The highest BCUT2D eigenvalue weighted by atomic mass is 19.1. The topological polar surface area (TPSA) is 96.8 Å². The van der Waals surface area contributed by atoms with Gasteiger partial charge in [-0.3, -0.25) is 24.0 Å². The Hall–Kier alpha value is -4.28. The molecule has 37 heavy (non-hydrogen) atoms. The first-order valence-electron chi connectivity index (χ1n) is 11.4. The van der Waals surface area contributed by atoms with Crippen LogP contribution in [0.25, 0.3) is 10.9 Å². The number of hydrogen-bond acceptors (Lipinski definition) is 6. The van der Waals surface area contributed by atoms with E-state index in [1.165, 1.54) is 24.0 Å². The lowest BCUT2D eigenvalue weighted by atomic mass is 10.0. The number of fused-ring (bicyclic) bond motifs is 1. The summed E-state index contributed by atoms with van der Waals surface area (Å²) in [5, 5.41) is -0.425. The summed E-state index contributed by atoms with van der Waals surface area (Å²) in [4.78, 5) is 63.2. The van der Waals surface area contributed by atoms with E-state index in [-0.39, 0.29) is 43.2 Å². The maximum absolute atomic E-state index is 15.7. The summed E-state index contributed by atoms with van der Waals surface area (Å²) in [6.45, 7) is 0.894. The molecular weight excluding hydrogens is 491 g/mol. The number of amides is 1. The van der Waals surface area contributed by atoms with Gasteiger partial charge in [0.15, 0.2) is 11.6 Å². The molecule has 1 aromatic carbocycles. The molecule has 1 fully saturated rings. The van der Waals surface area contributed by atoms with Gasteiger partial charge < -0.3 is 14.4 Å². The van der Waals surface area contributed by atoms with E-state index in [0.29, 0.717) is 0 Å². The predicted molar refractivity (Wildman–Crippen MR) is 129 cm³/mol.